The second-order valence-corrected chi connectivity index (χ2v) is 16.4. The Labute approximate surface area is 181 Å². The first-order chi connectivity index (χ1) is 13.3. The fourth-order valence-corrected chi connectivity index (χ4v) is 4.08. The van der Waals surface area contributed by atoms with E-state index in [0.717, 1.165) is 6.26 Å². The van der Waals surface area contributed by atoms with Crippen molar-refractivity contribution in [1.29, 1.82) is 0 Å². The maximum Gasteiger partial charge on any atom is 0.408 e. The van der Waals surface area contributed by atoms with E-state index >= 15 is 0 Å². The van der Waals surface area contributed by atoms with Gasteiger partial charge in [-0.2, -0.15) is 8.42 Å². The second-order valence-electron chi connectivity index (χ2n) is 9.97. The molecule has 0 aliphatic heterocycles. The van der Waals surface area contributed by atoms with Crippen LogP contribution >= 0.6 is 0 Å². The van der Waals surface area contributed by atoms with E-state index in [1.807, 2.05) is 20.0 Å². The molecule has 0 spiro atoms. The summed E-state index contributed by atoms with van der Waals surface area (Å²) in [5.74, 6) is -0.321. The fourth-order valence-electron chi connectivity index (χ4n) is 2.26. The van der Waals surface area contributed by atoms with Crippen LogP contribution in [0.25, 0.3) is 10.4 Å². The van der Waals surface area contributed by atoms with Crippen molar-refractivity contribution < 1.29 is 26.6 Å². The monoisotopic (exact) mass is 466 g/mol. The lowest BCUT2D eigenvalue weighted by atomic mass is 9.98. The van der Waals surface area contributed by atoms with Crippen LogP contribution in [0.3, 0.4) is 0 Å². The van der Waals surface area contributed by atoms with Crippen LogP contribution in [0.2, 0.25) is 18.1 Å². The smallest absolute Gasteiger partial charge is 0.408 e. The Balaban J connectivity index is 6.00. The summed E-state index contributed by atoms with van der Waals surface area (Å²) in [4.78, 5) is 15.2. The molecule has 0 aliphatic carbocycles. The molecule has 0 rings (SSSR count). The summed E-state index contributed by atoms with van der Waals surface area (Å²) in [5, 5.41) is 6.18. The van der Waals surface area contributed by atoms with E-state index in [2.05, 4.69) is 36.1 Å². The van der Waals surface area contributed by atoms with E-state index < -0.39 is 42.3 Å². The first kappa shape index (κ1) is 28.7. The highest BCUT2D eigenvalue weighted by atomic mass is 32.2. The number of azide groups is 1. The van der Waals surface area contributed by atoms with Gasteiger partial charge < -0.3 is 14.5 Å². The van der Waals surface area contributed by atoms with Gasteiger partial charge in [0.1, 0.15) is 5.60 Å². The summed E-state index contributed by atoms with van der Waals surface area (Å²) >= 11 is 0. The van der Waals surface area contributed by atoms with Crippen LogP contribution < -0.4 is 5.32 Å². The molecule has 176 valence electrons. The molecule has 0 fully saturated rings. The summed E-state index contributed by atoms with van der Waals surface area (Å²) in [6.45, 7) is 17.1. The van der Waals surface area contributed by atoms with Gasteiger partial charge in [0.05, 0.1) is 25.0 Å². The van der Waals surface area contributed by atoms with Crippen LogP contribution in [0, 0.1) is 5.92 Å². The average molecular weight is 467 g/mol. The molecule has 0 unspecified atom stereocenters. The van der Waals surface area contributed by atoms with Crippen molar-refractivity contribution in [1.82, 2.24) is 5.32 Å². The number of carbonyl (C=O) groups is 1. The van der Waals surface area contributed by atoms with Gasteiger partial charge in [-0.15, -0.1) is 0 Å². The summed E-state index contributed by atoms with van der Waals surface area (Å²) in [6.07, 6.45) is -0.444. The molecule has 30 heavy (non-hydrogen) atoms. The molecule has 0 bridgehead atoms. The predicted molar refractivity (Wildman–Crippen MR) is 119 cm³/mol. The lowest BCUT2D eigenvalue weighted by molar-refractivity contribution is 0.0305. The third-order valence-electron chi connectivity index (χ3n) is 4.79. The molecule has 0 saturated carbocycles. The van der Waals surface area contributed by atoms with Gasteiger partial charge in [-0.1, -0.05) is 32.8 Å². The van der Waals surface area contributed by atoms with Gasteiger partial charge in [0.25, 0.3) is 10.1 Å². The zero-order valence-electron chi connectivity index (χ0n) is 19.8. The minimum atomic E-state index is -3.76. The molecule has 0 aliphatic rings. The van der Waals surface area contributed by atoms with E-state index in [4.69, 9.17) is 18.9 Å². The maximum absolute atomic E-state index is 12.4. The number of rotatable bonds is 10. The summed E-state index contributed by atoms with van der Waals surface area (Å²) in [6, 6.07) is -0.840. The zero-order chi connectivity index (χ0) is 24.0. The molecule has 3 atom stereocenters. The molecule has 1 N–H and O–H groups in total. The predicted octanol–water partition coefficient (Wildman–Crippen LogP) is 4.19. The van der Waals surface area contributed by atoms with Crippen LogP contribution in [-0.4, -0.2) is 60.0 Å². The molecule has 12 heteroatoms. The Morgan fingerprint density at radius 3 is 2.13 bits per heavy atom. The van der Waals surface area contributed by atoms with Gasteiger partial charge in [-0.3, -0.25) is 4.18 Å². The standard InChI is InChI=1S/C18H38N4O6SSi/c1-13(11-20-22-19)15(28-30(9,10)18(5,6)7)14(12-26-29(8,24)25)21-16(23)27-17(2,3)4/h13-15H,11-12H2,1-10H3,(H,21,23)/t13-,14+,15-/m0/s1. The quantitative estimate of drug-likeness (QED) is 0.168. The van der Waals surface area contributed by atoms with Crippen molar-refractivity contribution in [2.75, 3.05) is 19.4 Å². The molecule has 0 aromatic heterocycles. The Morgan fingerprint density at radius 1 is 1.20 bits per heavy atom. The van der Waals surface area contributed by atoms with Gasteiger partial charge in [0.2, 0.25) is 0 Å². The SMILES string of the molecule is C[C@@H](CN=[N+]=[N-])[C@H](O[Si](C)(C)C(C)(C)C)[C@@H](COS(C)(=O)=O)NC(=O)OC(C)(C)C. The van der Waals surface area contributed by atoms with Gasteiger partial charge in [0, 0.05) is 11.5 Å². The van der Waals surface area contributed by atoms with Crippen molar-refractivity contribution in [3.63, 3.8) is 0 Å². The largest absolute Gasteiger partial charge is 0.444 e. The van der Waals surface area contributed by atoms with Crippen molar-refractivity contribution in [3.8, 4) is 0 Å². The van der Waals surface area contributed by atoms with Crippen molar-refractivity contribution in [2.24, 2.45) is 11.0 Å². The van der Waals surface area contributed by atoms with Crippen LogP contribution in [-0.2, 0) is 23.5 Å². The number of alkyl carbamates (subject to hydrolysis) is 1. The number of carbonyl (C=O) groups excluding carboxylic acids is 1. The highest BCUT2D eigenvalue weighted by molar-refractivity contribution is 7.85. The first-order valence-electron chi connectivity index (χ1n) is 9.81. The minimum Gasteiger partial charge on any atom is -0.444 e. The lowest BCUT2D eigenvalue weighted by Gasteiger charge is -2.43. The van der Waals surface area contributed by atoms with Crippen LogP contribution in [0.5, 0.6) is 0 Å². The number of hydrogen-bond acceptors (Lipinski definition) is 7. The highest BCUT2D eigenvalue weighted by Crippen LogP contribution is 2.38. The van der Waals surface area contributed by atoms with E-state index in [0.29, 0.717) is 0 Å². The molecule has 10 nitrogen and oxygen atoms in total. The molecule has 0 heterocycles. The molecular formula is C18H38N4O6SSi. The molecular weight excluding hydrogens is 428 g/mol. The van der Waals surface area contributed by atoms with E-state index in [9.17, 15) is 13.2 Å². The molecule has 1 amide bonds. The number of amides is 1. The van der Waals surface area contributed by atoms with Gasteiger partial charge in [-0.25, -0.2) is 4.79 Å². The van der Waals surface area contributed by atoms with Gasteiger partial charge in [-0.05, 0) is 50.4 Å². The third kappa shape index (κ3) is 11.2. The van der Waals surface area contributed by atoms with Crippen molar-refractivity contribution >= 4 is 24.5 Å². The molecule has 0 aromatic carbocycles. The van der Waals surface area contributed by atoms with Gasteiger partial charge in [0.15, 0.2) is 8.32 Å². The summed E-state index contributed by atoms with van der Waals surface area (Å²) < 4.78 is 40.0. The van der Waals surface area contributed by atoms with E-state index in [1.165, 1.54) is 0 Å². The van der Waals surface area contributed by atoms with Crippen LogP contribution in [0.1, 0.15) is 48.5 Å². The topological polar surface area (TPSA) is 140 Å². The Kier molecular flexibility index (Phi) is 10.3. The summed E-state index contributed by atoms with van der Waals surface area (Å²) in [7, 11) is -6.09. The van der Waals surface area contributed by atoms with Crippen molar-refractivity contribution in [3.05, 3.63) is 10.4 Å². The van der Waals surface area contributed by atoms with E-state index in [-0.39, 0.29) is 24.1 Å². The number of nitrogens with one attached hydrogen (secondary N) is 1. The zero-order valence-corrected chi connectivity index (χ0v) is 21.7. The van der Waals surface area contributed by atoms with Crippen LogP contribution in [0.15, 0.2) is 5.11 Å². The Bertz CT molecular complexity index is 724. The Hall–Kier alpha value is -1.33. The minimum absolute atomic E-state index is 0.112. The van der Waals surface area contributed by atoms with Crippen molar-refractivity contribution in [2.45, 2.75) is 84.3 Å². The molecule has 0 aromatic rings. The fraction of sp³-hybridized carbons (Fsp3) is 0.944. The average Bonchev–Trinajstić information content (AvgIpc) is 2.50. The van der Waals surface area contributed by atoms with Gasteiger partial charge >= 0.3 is 6.09 Å². The first-order valence-corrected chi connectivity index (χ1v) is 14.5. The highest BCUT2D eigenvalue weighted by Gasteiger charge is 2.43. The molecule has 0 saturated heterocycles. The van der Waals surface area contributed by atoms with Crippen LogP contribution in [0.4, 0.5) is 4.79 Å². The lowest BCUT2D eigenvalue weighted by Crippen LogP contribution is -2.56. The Morgan fingerprint density at radius 2 is 1.73 bits per heavy atom. The second kappa shape index (κ2) is 10.8. The third-order valence-corrected chi connectivity index (χ3v) is 9.83. The maximum atomic E-state index is 12.4. The number of ether oxygens (including phenoxy) is 1. The van der Waals surface area contributed by atoms with E-state index in [1.54, 1.807) is 20.8 Å². The number of hydrogen-bond donors (Lipinski definition) is 1. The number of nitrogens with zero attached hydrogens (tertiary/aromatic N) is 3. The normalized spacial score (nSPS) is 16.2. The summed E-state index contributed by atoms with van der Waals surface area (Å²) in [5.41, 5.74) is 7.98. The molecule has 0 radical (unpaired) electrons.